The molecule has 8 nitrogen and oxygen atoms in total. The number of amides is 3. The number of anilines is 1. The molecule has 27 heavy (non-hydrogen) atoms. The van der Waals surface area contributed by atoms with Crippen molar-refractivity contribution in [1.82, 2.24) is 9.80 Å². The Balaban J connectivity index is 1.86. The summed E-state index contributed by atoms with van der Waals surface area (Å²) in [7, 11) is 3.30. The highest BCUT2D eigenvalue weighted by Crippen LogP contribution is 2.27. The number of likely N-dealkylation sites (N-methyl/N-ethyl adjacent to an activating group) is 1. The van der Waals surface area contributed by atoms with Gasteiger partial charge in [-0.25, -0.2) is 4.39 Å². The molecule has 0 spiro atoms. The van der Waals surface area contributed by atoms with E-state index in [1.54, 1.807) is 14.1 Å². The third kappa shape index (κ3) is 3.62. The van der Waals surface area contributed by atoms with Gasteiger partial charge in [-0.05, 0) is 37.1 Å². The number of benzene rings is 1. The topological polar surface area (TPSA) is 99.3 Å². The lowest BCUT2D eigenvalue weighted by Gasteiger charge is -2.26. The quantitative estimate of drug-likeness (QED) is 0.819. The Bertz CT molecular complexity index is 793. The van der Waals surface area contributed by atoms with Crippen molar-refractivity contribution in [1.29, 1.82) is 0 Å². The van der Waals surface area contributed by atoms with Crippen LogP contribution in [-0.2, 0) is 14.4 Å². The number of rotatable bonds is 4. The van der Waals surface area contributed by atoms with Crippen LogP contribution in [0.5, 0.6) is 0 Å². The Morgan fingerprint density at radius 2 is 1.85 bits per heavy atom. The number of likely N-dealkylation sites (tertiary alicyclic amines) is 1. The summed E-state index contributed by atoms with van der Waals surface area (Å²) >= 11 is 0. The third-order valence-corrected chi connectivity index (χ3v) is 4.82. The average Bonchev–Trinajstić information content (AvgIpc) is 3.28. The molecule has 2 aliphatic rings. The fraction of sp³-hybridized carbons (Fsp3) is 0.444. The van der Waals surface area contributed by atoms with Gasteiger partial charge in [0, 0.05) is 27.1 Å². The first-order chi connectivity index (χ1) is 12.8. The minimum Gasteiger partial charge on any atom is -0.368 e. The second-order valence-corrected chi connectivity index (χ2v) is 6.88. The van der Waals surface area contributed by atoms with Crippen LogP contribution >= 0.6 is 0 Å². The van der Waals surface area contributed by atoms with Gasteiger partial charge in [0.25, 0.3) is 5.91 Å². The lowest BCUT2D eigenvalue weighted by Crippen LogP contribution is -2.47. The van der Waals surface area contributed by atoms with E-state index in [0.29, 0.717) is 18.7 Å². The predicted molar refractivity (Wildman–Crippen MR) is 97.3 cm³/mol. The van der Waals surface area contributed by atoms with Gasteiger partial charge >= 0.3 is 0 Å². The number of nitrogens with two attached hydrogens (primary N) is 1. The number of hydrazone groups is 1. The van der Waals surface area contributed by atoms with Gasteiger partial charge < -0.3 is 15.5 Å². The van der Waals surface area contributed by atoms with Gasteiger partial charge in [0.05, 0.1) is 5.69 Å². The maximum atomic E-state index is 13.2. The first-order valence-electron chi connectivity index (χ1n) is 8.73. The van der Waals surface area contributed by atoms with E-state index in [1.165, 1.54) is 39.1 Å². The Morgan fingerprint density at radius 1 is 1.19 bits per heavy atom. The summed E-state index contributed by atoms with van der Waals surface area (Å²) in [6.45, 7) is 0.458. The zero-order valence-electron chi connectivity index (χ0n) is 15.3. The number of hydrogen-bond donors (Lipinski definition) is 1. The number of halogens is 1. The highest BCUT2D eigenvalue weighted by atomic mass is 19.1. The molecule has 0 bridgehead atoms. The lowest BCUT2D eigenvalue weighted by atomic mass is 10.1. The summed E-state index contributed by atoms with van der Waals surface area (Å²) in [5.41, 5.74) is 6.10. The van der Waals surface area contributed by atoms with E-state index in [0.717, 1.165) is 6.42 Å². The zero-order valence-corrected chi connectivity index (χ0v) is 15.3. The molecular formula is C18H22FN5O3. The molecule has 2 atom stereocenters. The number of carbonyl (C=O) groups excluding carboxylic acids is 3. The molecule has 3 amide bonds. The van der Waals surface area contributed by atoms with Crippen molar-refractivity contribution in [3.8, 4) is 0 Å². The number of primary amides is 1. The van der Waals surface area contributed by atoms with Crippen LogP contribution in [0.15, 0.2) is 29.4 Å². The standard InChI is InChI=1S/C18H22FN5O3/c1-22(2)18(27)14-4-3-9-23(14)17(26)13-10-15(16(20)25)24(21-13)12-7-5-11(19)6-8-12/h5-8,14-15H,3-4,9-10H2,1-2H3,(H2,20,25)/t14-,15+/m1/s1. The Morgan fingerprint density at radius 3 is 2.44 bits per heavy atom. The van der Waals surface area contributed by atoms with E-state index in [4.69, 9.17) is 5.73 Å². The molecule has 0 aliphatic carbocycles. The molecule has 2 heterocycles. The predicted octanol–water partition coefficient (Wildman–Crippen LogP) is 0.325. The van der Waals surface area contributed by atoms with Crippen LogP contribution in [0.25, 0.3) is 0 Å². The molecule has 3 rings (SSSR count). The molecule has 1 aromatic carbocycles. The summed E-state index contributed by atoms with van der Waals surface area (Å²) in [5, 5.41) is 5.63. The van der Waals surface area contributed by atoms with Crippen LogP contribution in [0.1, 0.15) is 19.3 Å². The van der Waals surface area contributed by atoms with Crippen LogP contribution < -0.4 is 10.7 Å². The zero-order chi connectivity index (χ0) is 19.7. The van der Waals surface area contributed by atoms with Crippen molar-refractivity contribution in [2.75, 3.05) is 25.6 Å². The van der Waals surface area contributed by atoms with E-state index >= 15 is 0 Å². The highest BCUT2D eigenvalue weighted by Gasteiger charge is 2.41. The number of carbonyl (C=O) groups is 3. The SMILES string of the molecule is CN(C)C(=O)[C@H]1CCCN1C(=O)C1=NN(c2ccc(F)cc2)[C@H](C(N)=O)C1. The van der Waals surface area contributed by atoms with Crippen molar-refractivity contribution in [3.05, 3.63) is 30.1 Å². The van der Waals surface area contributed by atoms with Crippen LogP contribution in [0.4, 0.5) is 10.1 Å². The normalized spacial score (nSPS) is 22.0. The number of hydrogen-bond acceptors (Lipinski definition) is 5. The van der Waals surface area contributed by atoms with Gasteiger partial charge in [0.15, 0.2) is 0 Å². The van der Waals surface area contributed by atoms with E-state index in [2.05, 4.69) is 5.10 Å². The van der Waals surface area contributed by atoms with Crippen LogP contribution in [-0.4, -0.2) is 66.0 Å². The van der Waals surface area contributed by atoms with Gasteiger partial charge in [-0.1, -0.05) is 0 Å². The molecule has 2 aliphatic heterocycles. The molecule has 0 aromatic heterocycles. The van der Waals surface area contributed by atoms with Crippen molar-refractivity contribution in [3.63, 3.8) is 0 Å². The van der Waals surface area contributed by atoms with Crippen molar-refractivity contribution >= 4 is 29.1 Å². The summed E-state index contributed by atoms with van der Waals surface area (Å²) in [6.07, 6.45) is 1.37. The van der Waals surface area contributed by atoms with Crippen molar-refractivity contribution in [2.45, 2.75) is 31.3 Å². The Kier molecular flexibility index (Phi) is 5.11. The number of nitrogens with zero attached hydrogens (tertiary/aromatic N) is 4. The van der Waals surface area contributed by atoms with E-state index < -0.39 is 23.8 Å². The summed E-state index contributed by atoms with van der Waals surface area (Å²) < 4.78 is 13.2. The van der Waals surface area contributed by atoms with Crippen LogP contribution in [0.3, 0.4) is 0 Å². The second-order valence-electron chi connectivity index (χ2n) is 6.88. The molecule has 1 fully saturated rings. The van der Waals surface area contributed by atoms with E-state index in [-0.39, 0.29) is 23.9 Å². The molecule has 0 radical (unpaired) electrons. The van der Waals surface area contributed by atoms with Crippen LogP contribution in [0, 0.1) is 5.82 Å². The lowest BCUT2D eigenvalue weighted by molar-refractivity contribution is -0.139. The summed E-state index contributed by atoms with van der Waals surface area (Å²) in [4.78, 5) is 40.1. The molecule has 1 saturated heterocycles. The highest BCUT2D eigenvalue weighted by molar-refractivity contribution is 6.40. The van der Waals surface area contributed by atoms with Crippen molar-refractivity contribution in [2.24, 2.45) is 10.8 Å². The first-order valence-corrected chi connectivity index (χ1v) is 8.73. The maximum absolute atomic E-state index is 13.2. The molecule has 0 unspecified atom stereocenters. The van der Waals surface area contributed by atoms with Gasteiger partial charge in [0.2, 0.25) is 11.8 Å². The van der Waals surface area contributed by atoms with Gasteiger partial charge in [0.1, 0.15) is 23.6 Å². The minimum absolute atomic E-state index is 0.0465. The average molecular weight is 375 g/mol. The van der Waals surface area contributed by atoms with Crippen LogP contribution in [0.2, 0.25) is 0 Å². The summed E-state index contributed by atoms with van der Waals surface area (Å²) in [5.74, 6) is -1.56. The first kappa shape index (κ1) is 18.8. The largest absolute Gasteiger partial charge is 0.368 e. The Labute approximate surface area is 156 Å². The molecule has 9 heteroatoms. The fourth-order valence-corrected chi connectivity index (χ4v) is 3.42. The van der Waals surface area contributed by atoms with Gasteiger partial charge in [-0.15, -0.1) is 0 Å². The Hall–Kier alpha value is -2.97. The smallest absolute Gasteiger partial charge is 0.270 e. The van der Waals surface area contributed by atoms with Crippen molar-refractivity contribution < 1.29 is 18.8 Å². The fourth-order valence-electron chi connectivity index (χ4n) is 3.42. The third-order valence-electron chi connectivity index (χ3n) is 4.82. The van der Waals surface area contributed by atoms with Gasteiger partial charge in [-0.2, -0.15) is 5.10 Å². The van der Waals surface area contributed by atoms with Gasteiger partial charge in [-0.3, -0.25) is 19.4 Å². The van der Waals surface area contributed by atoms with E-state index in [1.807, 2.05) is 0 Å². The molecular weight excluding hydrogens is 353 g/mol. The maximum Gasteiger partial charge on any atom is 0.270 e. The molecule has 144 valence electrons. The van der Waals surface area contributed by atoms with E-state index in [9.17, 15) is 18.8 Å². The molecule has 1 aromatic rings. The minimum atomic E-state index is -0.833. The molecule has 2 N–H and O–H groups in total. The second kappa shape index (κ2) is 7.34. The summed E-state index contributed by atoms with van der Waals surface area (Å²) in [6, 6.07) is 4.07. The monoisotopic (exact) mass is 375 g/mol. The molecule has 0 saturated carbocycles.